The van der Waals surface area contributed by atoms with Crippen molar-refractivity contribution in [3.8, 4) is 11.5 Å². The lowest BCUT2D eigenvalue weighted by Crippen LogP contribution is -2.49. The second kappa shape index (κ2) is 9.57. The van der Waals surface area contributed by atoms with Gasteiger partial charge in [0.2, 0.25) is 0 Å². The van der Waals surface area contributed by atoms with Crippen LogP contribution in [0.5, 0.6) is 11.5 Å². The molecule has 0 spiro atoms. The fourth-order valence-corrected chi connectivity index (χ4v) is 3.40. The molecule has 1 saturated heterocycles. The van der Waals surface area contributed by atoms with E-state index in [-0.39, 0.29) is 12.4 Å². The number of piperazine rings is 1. The Morgan fingerprint density at radius 2 is 1.75 bits per heavy atom. The smallest absolute Gasteiger partial charge is 0.163 e. The van der Waals surface area contributed by atoms with Gasteiger partial charge >= 0.3 is 0 Å². The van der Waals surface area contributed by atoms with Gasteiger partial charge in [0, 0.05) is 38.4 Å². The van der Waals surface area contributed by atoms with E-state index >= 15 is 0 Å². The van der Waals surface area contributed by atoms with Crippen molar-refractivity contribution in [2.24, 2.45) is 0 Å². The number of carbonyl (C=O) groups excluding carboxylic acids is 1. The maximum absolute atomic E-state index is 11.6. The molecule has 150 valence electrons. The Balaban J connectivity index is 1.45. The van der Waals surface area contributed by atoms with Crippen LogP contribution >= 0.6 is 0 Å². The first-order valence-corrected chi connectivity index (χ1v) is 9.59. The van der Waals surface area contributed by atoms with E-state index < -0.39 is 6.10 Å². The van der Waals surface area contributed by atoms with Crippen LogP contribution in [0.1, 0.15) is 17.3 Å². The molecule has 3 rings (SSSR count). The number of nitrogens with zero attached hydrogens (tertiary/aromatic N) is 2. The van der Waals surface area contributed by atoms with Crippen molar-refractivity contribution < 1.29 is 19.4 Å². The van der Waals surface area contributed by atoms with Gasteiger partial charge in [-0.2, -0.15) is 0 Å². The molecule has 0 saturated carbocycles. The largest absolute Gasteiger partial charge is 0.497 e. The number of methoxy groups -OCH3 is 1. The van der Waals surface area contributed by atoms with Gasteiger partial charge in [0.15, 0.2) is 5.78 Å². The summed E-state index contributed by atoms with van der Waals surface area (Å²) in [6.45, 7) is 5.82. The van der Waals surface area contributed by atoms with Crippen molar-refractivity contribution in [2.75, 3.05) is 51.3 Å². The number of ketones is 1. The van der Waals surface area contributed by atoms with Crippen LogP contribution in [-0.2, 0) is 0 Å². The molecule has 1 heterocycles. The number of aliphatic hydroxyl groups excluding tert-OH is 1. The molecule has 0 aliphatic carbocycles. The Bertz CT molecular complexity index is 770. The number of rotatable bonds is 8. The Morgan fingerprint density at radius 1 is 1.07 bits per heavy atom. The third-order valence-electron chi connectivity index (χ3n) is 4.98. The molecule has 6 heteroatoms. The van der Waals surface area contributed by atoms with Gasteiger partial charge in [0.25, 0.3) is 0 Å². The lowest BCUT2D eigenvalue weighted by atomic mass is 10.1. The molecule has 1 N–H and O–H groups in total. The SMILES string of the molecule is COc1ccc(N2CCN(CC(O)COc3ccccc3C(C)=O)CC2)cc1. The van der Waals surface area contributed by atoms with Gasteiger partial charge in [-0.15, -0.1) is 0 Å². The van der Waals surface area contributed by atoms with Gasteiger partial charge in [0.05, 0.1) is 12.7 Å². The summed E-state index contributed by atoms with van der Waals surface area (Å²) in [5, 5.41) is 10.4. The van der Waals surface area contributed by atoms with Crippen molar-refractivity contribution in [1.29, 1.82) is 0 Å². The molecule has 1 atom stereocenters. The van der Waals surface area contributed by atoms with Gasteiger partial charge in [-0.3, -0.25) is 9.69 Å². The summed E-state index contributed by atoms with van der Waals surface area (Å²) in [5.41, 5.74) is 1.73. The van der Waals surface area contributed by atoms with Crippen LogP contribution < -0.4 is 14.4 Å². The van der Waals surface area contributed by atoms with E-state index in [1.54, 1.807) is 19.2 Å². The van der Waals surface area contributed by atoms with E-state index in [2.05, 4.69) is 21.9 Å². The van der Waals surface area contributed by atoms with E-state index in [0.29, 0.717) is 17.9 Å². The first-order valence-electron chi connectivity index (χ1n) is 9.59. The van der Waals surface area contributed by atoms with Gasteiger partial charge in [0.1, 0.15) is 24.2 Å². The van der Waals surface area contributed by atoms with Crippen LogP contribution in [0.4, 0.5) is 5.69 Å². The molecule has 28 heavy (non-hydrogen) atoms. The highest BCUT2D eigenvalue weighted by atomic mass is 16.5. The van der Waals surface area contributed by atoms with Gasteiger partial charge in [-0.05, 0) is 43.3 Å². The number of anilines is 1. The number of carbonyl (C=O) groups is 1. The van der Waals surface area contributed by atoms with Crippen LogP contribution in [0.25, 0.3) is 0 Å². The monoisotopic (exact) mass is 384 g/mol. The second-order valence-electron chi connectivity index (χ2n) is 7.00. The summed E-state index contributed by atoms with van der Waals surface area (Å²) in [5.74, 6) is 1.34. The topological polar surface area (TPSA) is 62.2 Å². The molecule has 0 amide bonds. The second-order valence-corrected chi connectivity index (χ2v) is 7.00. The number of Topliss-reactive ketones (excluding diaryl/α,β-unsaturated/α-hetero) is 1. The average molecular weight is 384 g/mol. The van der Waals surface area contributed by atoms with Crippen molar-refractivity contribution in [1.82, 2.24) is 4.90 Å². The molecule has 2 aromatic carbocycles. The normalized spacial score (nSPS) is 15.9. The lowest BCUT2D eigenvalue weighted by Gasteiger charge is -2.36. The van der Waals surface area contributed by atoms with E-state index in [4.69, 9.17) is 9.47 Å². The molecular weight excluding hydrogens is 356 g/mol. The zero-order valence-corrected chi connectivity index (χ0v) is 16.5. The highest BCUT2D eigenvalue weighted by Gasteiger charge is 2.20. The zero-order valence-electron chi connectivity index (χ0n) is 16.5. The van der Waals surface area contributed by atoms with Crippen LogP contribution in [0.3, 0.4) is 0 Å². The molecule has 2 aromatic rings. The van der Waals surface area contributed by atoms with Crippen molar-refractivity contribution in [3.05, 3.63) is 54.1 Å². The number of benzene rings is 2. The first-order chi connectivity index (χ1) is 13.6. The van der Waals surface area contributed by atoms with Crippen LogP contribution in [0, 0.1) is 0 Å². The predicted octanol–water partition coefficient (Wildman–Crippen LogP) is 2.46. The van der Waals surface area contributed by atoms with E-state index in [0.717, 1.165) is 31.9 Å². The summed E-state index contributed by atoms with van der Waals surface area (Å²) in [7, 11) is 1.67. The van der Waals surface area contributed by atoms with E-state index in [1.165, 1.54) is 12.6 Å². The fraction of sp³-hybridized carbons (Fsp3) is 0.409. The molecule has 1 unspecified atom stereocenters. The van der Waals surface area contributed by atoms with Crippen LogP contribution in [-0.4, -0.2) is 68.3 Å². The Kier molecular flexibility index (Phi) is 6.90. The third-order valence-corrected chi connectivity index (χ3v) is 4.98. The van der Waals surface area contributed by atoms with Crippen molar-refractivity contribution in [3.63, 3.8) is 0 Å². The van der Waals surface area contributed by atoms with Gasteiger partial charge < -0.3 is 19.5 Å². The van der Waals surface area contributed by atoms with Crippen LogP contribution in [0.2, 0.25) is 0 Å². The first kappa shape index (κ1) is 20.2. The fourth-order valence-electron chi connectivity index (χ4n) is 3.40. The number of β-amino-alcohol motifs (C(OH)–C–C–N with tert-alkyl or cyclic N) is 1. The molecule has 6 nitrogen and oxygen atoms in total. The number of ether oxygens (including phenoxy) is 2. The highest BCUT2D eigenvalue weighted by Crippen LogP contribution is 2.21. The lowest BCUT2D eigenvalue weighted by molar-refractivity contribution is 0.0656. The number of aliphatic hydroxyl groups is 1. The number of para-hydroxylation sites is 1. The molecule has 0 aromatic heterocycles. The van der Waals surface area contributed by atoms with Crippen molar-refractivity contribution in [2.45, 2.75) is 13.0 Å². The van der Waals surface area contributed by atoms with Crippen LogP contribution in [0.15, 0.2) is 48.5 Å². The van der Waals surface area contributed by atoms with Crippen molar-refractivity contribution >= 4 is 11.5 Å². The average Bonchev–Trinajstić information content (AvgIpc) is 2.73. The summed E-state index contributed by atoms with van der Waals surface area (Å²) < 4.78 is 10.9. The minimum Gasteiger partial charge on any atom is -0.497 e. The number of hydrogen-bond donors (Lipinski definition) is 1. The molecular formula is C22H28N2O4. The number of hydrogen-bond acceptors (Lipinski definition) is 6. The molecule has 1 aliphatic heterocycles. The third kappa shape index (κ3) is 5.24. The zero-order chi connectivity index (χ0) is 19.9. The summed E-state index contributed by atoms with van der Waals surface area (Å²) >= 11 is 0. The quantitative estimate of drug-likeness (QED) is 0.706. The molecule has 1 fully saturated rings. The standard InChI is InChI=1S/C22H28N2O4/c1-17(25)21-5-3-4-6-22(21)28-16-19(26)15-23-11-13-24(14-12-23)18-7-9-20(27-2)10-8-18/h3-10,19,26H,11-16H2,1-2H3. The van der Waals surface area contributed by atoms with E-state index in [1.807, 2.05) is 24.3 Å². The molecule has 0 bridgehead atoms. The van der Waals surface area contributed by atoms with E-state index in [9.17, 15) is 9.90 Å². The minimum atomic E-state index is -0.604. The Morgan fingerprint density at radius 3 is 2.39 bits per heavy atom. The van der Waals surface area contributed by atoms with Gasteiger partial charge in [-0.1, -0.05) is 12.1 Å². The maximum atomic E-state index is 11.6. The summed E-state index contributed by atoms with van der Waals surface area (Å²) in [4.78, 5) is 16.2. The summed E-state index contributed by atoms with van der Waals surface area (Å²) in [6, 6.07) is 15.2. The predicted molar refractivity (Wildman–Crippen MR) is 110 cm³/mol. The summed E-state index contributed by atoms with van der Waals surface area (Å²) in [6.07, 6.45) is -0.604. The highest BCUT2D eigenvalue weighted by molar-refractivity contribution is 5.96. The Hall–Kier alpha value is -2.57. The maximum Gasteiger partial charge on any atom is 0.163 e. The minimum absolute atomic E-state index is 0.0419. The molecule has 0 radical (unpaired) electrons. The molecule has 1 aliphatic rings. The van der Waals surface area contributed by atoms with Gasteiger partial charge in [-0.25, -0.2) is 0 Å². The Labute approximate surface area is 166 Å².